The molecule has 0 bridgehead atoms. The van der Waals surface area contributed by atoms with Crippen molar-refractivity contribution in [1.29, 1.82) is 0 Å². The monoisotopic (exact) mass is 472 g/mol. The molecule has 0 radical (unpaired) electrons. The molecule has 0 aliphatic rings. The molecule has 0 saturated heterocycles. The lowest BCUT2D eigenvalue weighted by Crippen LogP contribution is -2.10. The van der Waals surface area contributed by atoms with E-state index in [-0.39, 0.29) is 0 Å². The highest BCUT2D eigenvalue weighted by atomic mass is 16.5. The second-order valence-electron chi connectivity index (χ2n) is 7.85. The Hall–Kier alpha value is -4.26. The summed E-state index contributed by atoms with van der Waals surface area (Å²) in [4.78, 5) is 11.1. The van der Waals surface area contributed by atoms with Gasteiger partial charge in [0.1, 0.15) is 17.2 Å². The molecule has 180 valence electrons. The summed E-state index contributed by atoms with van der Waals surface area (Å²) in [5.74, 6) is 0.682. The van der Waals surface area contributed by atoms with E-state index in [0.29, 0.717) is 35.9 Å². The van der Waals surface area contributed by atoms with Crippen LogP contribution < -0.4 is 14.2 Å². The van der Waals surface area contributed by atoms with Crippen LogP contribution in [0.25, 0.3) is 22.5 Å². The lowest BCUT2D eigenvalue weighted by atomic mass is 10.1. The number of carbonyl (C=O) groups is 1. The molecule has 4 aromatic rings. The molecular formula is C28H28N2O5. The quantitative estimate of drug-likeness (QED) is 0.318. The van der Waals surface area contributed by atoms with Gasteiger partial charge >= 0.3 is 5.97 Å². The highest BCUT2D eigenvalue weighted by Gasteiger charge is 2.18. The van der Waals surface area contributed by atoms with Crippen molar-refractivity contribution < 1.29 is 24.1 Å². The third-order valence-corrected chi connectivity index (χ3v) is 5.51. The average molecular weight is 473 g/mol. The lowest BCUT2D eigenvalue weighted by Gasteiger charge is -2.12. The zero-order valence-electron chi connectivity index (χ0n) is 19.8. The number of nitrogens with zero attached hydrogens (tertiary/aromatic N) is 2. The summed E-state index contributed by atoms with van der Waals surface area (Å²) in [5.41, 5.74) is 4.40. The first kappa shape index (κ1) is 23.9. The second-order valence-corrected chi connectivity index (χ2v) is 7.85. The van der Waals surface area contributed by atoms with Gasteiger partial charge in [0, 0.05) is 23.7 Å². The van der Waals surface area contributed by atoms with E-state index in [9.17, 15) is 4.79 Å². The normalized spacial score (nSPS) is 10.7. The van der Waals surface area contributed by atoms with Gasteiger partial charge < -0.3 is 19.3 Å². The van der Waals surface area contributed by atoms with Gasteiger partial charge in [-0.3, -0.25) is 4.68 Å². The first-order chi connectivity index (χ1) is 17.1. The van der Waals surface area contributed by atoms with Gasteiger partial charge in [0.15, 0.2) is 6.61 Å². The van der Waals surface area contributed by atoms with Crippen LogP contribution in [0.3, 0.4) is 0 Å². The summed E-state index contributed by atoms with van der Waals surface area (Å²) in [6.45, 7) is 2.70. The van der Waals surface area contributed by atoms with Gasteiger partial charge in [-0.25, -0.2) is 4.79 Å². The average Bonchev–Trinajstić information content (AvgIpc) is 3.31. The molecule has 0 aliphatic carbocycles. The number of methoxy groups -OCH3 is 1. The number of hydrogen-bond acceptors (Lipinski definition) is 5. The van der Waals surface area contributed by atoms with Crippen LogP contribution in [0.1, 0.15) is 12.5 Å². The molecule has 0 unspecified atom stereocenters. The molecular weight excluding hydrogens is 444 g/mol. The number of rotatable bonds is 11. The van der Waals surface area contributed by atoms with Crippen molar-refractivity contribution in [2.45, 2.75) is 19.9 Å². The fourth-order valence-electron chi connectivity index (χ4n) is 3.88. The van der Waals surface area contributed by atoms with Crippen LogP contribution in [-0.4, -0.2) is 41.2 Å². The summed E-state index contributed by atoms with van der Waals surface area (Å²) in [6.07, 6.45) is 0.802. The number of ether oxygens (including phenoxy) is 3. The van der Waals surface area contributed by atoms with Crippen molar-refractivity contribution >= 4 is 5.97 Å². The van der Waals surface area contributed by atoms with Crippen LogP contribution in [0.15, 0.2) is 78.9 Å². The highest BCUT2D eigenvalue weighted by molar-refractivity contribution is 5.76. The van der Waals surface area contributed by atoms with Crippen molar-refractivity contribution in [2.75, 3.05) is 20.3 Å². The van der Waals surface area contributed by atoms with Crippen molar-refractivity contribution in [3.05, 3.63) is 84.4 Å². The summed E-state index contributed by atoms with van der Waals surface area (Å²) in [6, 6.07) is 25.4. The van der Waals surface area contributed by atoms with Crippen LogP contribution in [-0.2, 0) is 17.8 Å². The zero-order valence-corrected chi connectivity index (χ0v) is 19.8. The predicted octanol–water partition coefficient (Wildman–Crippen LogP) is 5.33. The molecule has 7 nitrogen and oxygen atoms in total. The smallest absolute Gasteiger partial charge is 0.341 e. The number of aromatic nitrogens is 2. The Bertz CT molecular complexity index is 1280. The molecule has 0 aliphatic heterocycles. The van der Waals surface area contributed by atoms with Gasteiger partial charge in [-0.2, -0.15) is 5.10 Å². The molecule has 3 aromatic carbocycles. The Morgan fingerprint density at radius 1 is 0.914 bits per heavy atom. The van der Waals surface area contributed by atoms with E-state index in [4.69, 9.17) is 24.4 Å². The minimum absolute atomic E-state index is 0.393. The van der Waals surface area contributed by atoms with Crippen LogP contribution >= 0.6 is 0 Å². The first-order valence-corrected chi connectivity index (χ1v) is 11.5. The molecule has 0 atom stereocenters. The number of hydrogen-bond donors (Lipinski definition) is 1. The van der Waals surface area contributed by atoms with Crippen molar-refractivity contribution in [3.8, 4) is 39.8 Å². The molecule has 0 saturated carbocycles. The van der Waals surface area contributed by atoms with Gasteiger partial charge in [0.2, 0.25) is 0 Å². The zero-order chi connectivity index (χ0) is 24.6. The fraction of sp³-hybridized carbons (Fsp3) is 0.214. The number of carboxylic acid groups (broad SMARTS) is 1. The number of para-hydroxylation sites is 1. The second kappa shape index (κ2) is 11.2. The minimum Gasteiger partial charge on any atom is -0.497 e. The number of aliphatic carboxylic acids is 1. The topological polar surface area (TPSA) is 82.8 Å². The maximum absolute atomic E-state index is 11.1. The molecule has 1 heterocycles. The lowest BCUT2D eigenvalue weighted by molar-refractivity contribution is -0.139. The van der Waals surface area contributed by atoms with Gasteiger partial charge in [-0.1, -0.05) is 42.5 Å². The van der Waals surface area contributed by atoms with Crippen molar-refractivity contribution in [2.24, 2.45) is 0 Å². The van der Waals surface area contributed by atoms with E-state index in [1.54, 1.807) is 19.2 Å². The Labute approximate surface area is 204 Å². The predicted molar refractivity (Wildman–Crippen MR) is 134 cm³/mol. The van der Waals surface area contributed by atoms with Crippen LogP contribution in [0.5, 0.6) is 17.2 Å². The summed E-state index contributed by atoms with van der Waals surface area (Å²) >= 11 is 0. The van der Waals surface area contributed by atoms with E-state index < -0.39 is 12.6 Å². The van der Waals surface area contributed by atoms with Gasteiger partial charge in [0.05, 0.1) is 25.1 Å². The Kier molecular flexibility index (Phi) is 7.67. The van der Waals surface area contributed by atoms with E-state index >= 15 is 0 Å². The highest BCUT2D eigenvalue weighted by Crippen LogP contribution is 2.37. The molecule has 1 N–H and O–H groups in total. The first-order valence-electron chi connectivity index (χ1n) is 11.5. The third-order valence-electron chi connectivity index (χ3n) is 5.51. The maximum Gasteiger partial charge on any atom is 0.341 e. The molecule has 35 heavy (non-hydrogen) atoms. The maximum atomic E-state index is 11.1. The van der Waals surface area contributed by atoms with Crippen LogP contribution in [0.2, 0.25) is 0 Å². The van der Waals surface area contributed by atoms with Crippen molar-refractivity contribution in [1.82, 2.24) is 9.78 Å². The molecule has 7 heteroatoms. The molecule has 4 rings (SSSR count). The van der Waals surface area contributed by atoms with E-state index in [0.717, 1.165) is 23.4 Å². The summed E-state index contributed by atoms with van der Waals surface area (Å²) in [5, 5.41) is 14.0. The third kappa shape index (κ3) is 5.81. The van der Waals surface area contributed by atoms with Crippen molar-refractivity contribution in [3.63, 3.8) is 0 Å². The Balaban J connectivity index is 1.78. The number of benzene rings is 3. The standard InChI is InChI=1S/C28H28N2O5/c1-3-34-26-12-8-7-11-23(26)25-18-24(29-30(25)16-15-20-9-5-4-6-10-20)22-14-13-21(33-2)17-27(22)35-19-28(31)32/h4-14,17-18H,3,15-16,19H2,1-2H3,(H,31,32). The Morgan fingerprint density at radius 2 is 1.69 bits per heavy atom. The van der Waals surface area contributed by atoms with E-state index in [2.05, 4.69) is 12.1 Å². The fourth-order valence-corrected chi connectivity index (χ4v) is 3.88. The van der Waals surface area contributed by atoms with Crippen LogP contribution in [0, 0.1) is 0 Å². The van der Waals surface area contributed by atoms with E-state index in [1.807, 2.05) is 66.2 Å². The largest absolute Gasteiger partial charge is 0.497 e. The Morgan fingerprint density at radius 3 is 2.43 bits per heavy atom. The van der Waals surface area contributed by atoms with Gasteiger partial charge in [0.25, 0.3) is 0 Å². The van der Waals surface area contributed by atoms with Gasteiger partial charge in [-0.15, -0.1) is 0 Å². The molecule has 1 aromatic heterocycles. The SMILES string of the molecule is CCOc1ccccc1-c1cc(-c2ccc(OC)cc2OCC(=O)O)nn1CCc1ccccc1. The molecule has 0 fully saturated rings. The van der Waals surface area contributed by atoms with E-state index in [1.165, 1.54) is 5.56 Å². The van der Waals surface area contributed by atoms with Crippen LogP contribution in [0.4, 0.5) is 0 Å². The number of aryl methyl sites for hydroxylation is 2. The number of carboxylic acids is 1. The minimum atomic E-state index is -1.06. The van der Waals surface area contributed by atoms with Gasteiger partial charge in [-0.05, 0) is 49.2 Å². The summed E-state index contributed by atoms with van der Waals surface area (Å²) in [7, 11) is 1.55. The summed E-state index contributed by atoms with van der Waals surface area (Å²) < 4.78 is 18.8. The molecule has 0 amide bonds. The molecule has 0 spiro atoms.